The molecule has 0 fully saturated rings. The van der Waals surface area contributed by atoms with Gasteiger partial charge in [0.2, 0.25) is 7.37 Å². The van der Waals surface area contributed by atoms with E-state index in [1.165, 1.54) is 0 Å². The molecule has 64 valence electrons. The quantitative estimate of drug-likeness (QED) is 0.496. The summed E-state index contributed by atoms with van der Waals surface area (Å²) in [5.74, 6) is 0. The van der Waals surface area contributed by atoms with Gasteiger partial charge in [-0.2, -0.15) is 0 Å². The Hall–Kier alpha value is -0.330. The van der Waals surface area contributed by atoms with E-state index in [-0.39, 0.29) is 0 Å². The molecule has 0 saturated carbocycles. The molecule has 1 N–H and O–H groups in total. The van der Waals surface area contributed by atoms with Crippen LogP contribution in [0.5, 0.6) is 0 Å². The third-order valence-corrected chi connectivity index (χ3v) is 3.28. The lowest BCUT2D eigenvalue weighted by Crippen LogP contribution is -1.92. The topological polar surface area (TPSA) is 37.3 Å². The molecule has 0 radical (unpaired) electrons. The average Bonchev–Trinajstić information content (AvgIpc) is 1.97. The van der Waals surface area contributed by atoms with Crippen molar-refractivity contribution in [2.24, 2.45) is 0 Å². The van der Waals surface area contributed by atoms with E-state index in [4.69, 9.17) is 0 Å². The Morgan fingerprint density at radius 2 is 1.55 bits per heavy atom. The van der Waals surface area contributed by atoms with Crippen LogP contribution in [-0.4, -0.2) is 17.2 Å². The van der Waals surface area contributed by atoms with Gasteiger partial charge in [-0.05, 0) is 12.8 Å². The van der Waals surface area contributed by atoms with Gasteiger partial charge < -0.3 is 4.89 Å². The summed E-state index contributed by atoms with van der Waals surface area (Å²) in [5, 5.41) is 0. The van der Waals surface area contributed by atoms with Crippen molar-refractivity contribution >= 4 is 7.37 Å². The minimum atomic E-state index is -2.87. The van der Waals surface area contributed by atoms with Gasteiger partial charge in [-0.1, -0.05) is 12.2 Å². The highest BCUT2D eigenvalue weighted by Gasteiger charge is 2.14. The Labute approximate surface area is 68.1 Å². The molecule has 0 atom stereocenters. The fraction of sp³-hybridized carbons (Fsp3) is 0.500. The van der Waals surface area contributed by atoms with Crippen molar-refractivity contribution in [2.75, 3.05) is 12.3 Å². The van der Waals surface area contributed by atoms with Crippen molar-refractivity contribution in [3.63, 3.8) is 0 Å². The zero-order valence-corrected chi connectivity index (χ0v) is 7.59. The molecule has 0 aromatic rings. The van der Waals surface area contributed by atoms with Crippen LogP contribution in [0.2, 0.25) is 0 Å². The molecule has 0 aromatic carbocycles. The Bertz CT molecular complexity index is 159. The van der Waals surface area contributed by atoms with Crippen LogP contribution in [-0.2, 0) is 4.57 Å². The molecule has 0 spiro atoms. The third kappa shape index (κ3) is 6.08. The van der Waals surface area contributed by atoms with Crippen LogP contribution >= 0.6 is 7.37 Å². The molecule has 0 unspecified atom stereocenters. The van der Waals surface area contributed by atoms with E-state index in [0.29, 0.717) is 25.2 Å². The molecule has 0 amide bonds. The molecule has 0 heterocycles. The maximum Gasteiger partial charge on any atom is 0.201 e. The van der Waals surface area contributed by atoms with Crippen LogP contribution in [0.25, 0.3) is 0 Å². The van der Waals surface area contributed by atoms with Crippen LogP contribution in [0.1, 0.15) is 12.8 Å². The molecule has 0 rings (SSSR count). The van der Waals surface area contributed by atoms with Gasteiger partial charge >= 0.3 is 0 Å². The standard InChI is InChI=1S/C8H15O2P/c1-3-5-7-11(9,10)8-6-4-2/h3-4H,1-2,5-8H2,(H,9,10). The van der Waals surface area contributed by atoms with E-state index in [2.05, 4.69) is 13.2 Å². The first-order chi connectivity index (χ1) is 5.12. The molecular weight excluding hydrogens is 159 g/mol. The van der Waals surface area contributed by atoms with Crippen LogP contribution in [0.4, 0.5) is 0 Å². The van der Waals surface area contributed by atoms with Gasteiger partial charge in [0.25, 0.3) is 0 Å². The zero-order chi connectivity index (χ0) is 8.74. The summed E-state index contributed by atoms with van der Waals surface area (Å²) in [6.07, 6.45) is 5.26. The maximum atomic E-state index is 11.2. The van der Waals surface area contributed by atoms with Crippen LogP contribution in [0, 0.1) is 0 Å². The summed E-state index contributed by atoms with van der Waals surface area (Å²) in [5.41, 5.74) is 0. The minimum Gasteiger partial charge on any atom is -0.344 e. The van der Waals surface area contributed by atoms with E-state index < -0.39 is 7.37 Å². The van der Waals surface area contributed by atoms with Crippen molar-refractivity contribution in [1.82, 2.24) is 0 Å². The highest BCUT2D eigenvalue weighted by atomic mass is 31.2. The lowest BCUT2D eigenvalue weighted by Gasteiger charge is -2.07. The molecule has 3 heteroatoms. The lowest BCUT2D eigenvalue weighted by molar-refractivity contribution is 0.478. The highest BCUT2D eigenvalue weighted by Crippen LogP contribution is 2.41. The number of rotatable bonds is 6. The summed E-state index contributed by atoms with van der Waals surface area (Å²) in [6.45, 7) is 6.98. The molecule has 0 bridgehead atoms. The first kappa shape index (κ1) is 10.7. The molecule has 2 nitrogen and oxygen atoms in total. The highest BCUT2D eigenvalue weighted by molar-refractivity contribution is 7.57. The van der Waals surface area contributed by atoms with Crippen LogP contribution < -0.4 is 0 Å². The van der Waals surface area contributed by atoms with Gasteiger partial charge in [0, 0.05) is 12.3 Å². The van der Waals surface area contributed by atoms with Crippen molar-refractivity contribution in [3.05, 3.63) is 25.3 Å². The molecular formula is C8H15O2P. The normalized spacial score (nSPS) is 11.0. The summed E-state index contributed by atoms with van der Waals surface area (Å²) in [7, 11) is -2.87. The van der Waals surface area contributed by atoms with Gasteiger partial charge in [0.1, 0.15) is 0 Å². The SMILES string of the molecule is C=CCCP(=O)(O)CCC=C. The molecule has 0 aliphatic rings. The zero-order valence-electron chi connectivity index (χ0n) is 6.70. The molecule has 0 aliphatic carbocycles. The Morgan fingerprint density at radius 1 is 1.18 bits per heavy atom. The Kier molecular flexibility index (Phi) is 5.18. The van der Waals surface area contributed by atoms with Gasteiger partial charge in [-0.3, -0.25) is 4.57 Å². The molecule has 0 saturated heterocycles. The molecule has 0 aliphatic heterocycles. The predicted molar refractivity (Wildman–Crippen MR) is 49.2 cm³/mol. The van der Waals surface area contributed by atoms with Gasteiger partial charge in [-0.15, -0.1) is 13.2 Å². The second-order valence-electron chi connectivity index (χ2n) is 2.45. The lowest BCUT2D eigenvalue weighted by atomic mass is 10.5. The van der Waals surface area contributed by atoms with E-state index in [9.17, 15) is 9.46 Å². The fourth-order valence-corrected chi connectivity index (χ4v) is 2.09. The van der Waals surface area contributed by atoms with Gasteiger partial charge in [0.05, 0.1) is 0 Å². The summed E-state index contributed by atoms with van der Waals surface area (Å²) >= 11 is 0. The monoisotopic (exact) mass is 174 g/mol. The van der Waals surface area contributed by atoms with Crippen molar-refractivity contribution in [3.8, 4) is 0 Å². The maximum absolute atomic E-state index is 11.2. The third-order valence-electron chi connectivity index (χ3n) is 1.37. The van der Waals surface area contributed by atoms with Crippen molar-refractivity contribution in [1.29, 1.82) is 0 Å². The van der Waals surface area contributed by atoms with Crippen LogP contribution in [0.3, 0.4) is 0 Å². The summed E-state index contributed by atoms with van der Waals surface area (Å²) in [6, 6.07) is 0. The van der Waals surface area contributed by atoms with Gasteiger partial charge in [-0.25, -0.2) is 0 Å². The number of hydrogen-bond acceptors (Lipinski definition) is 1. The van der Waals surface area contributed by atoms with E-state index >= 15 is 0 Å². The Morgan fingerprint density at radius 3 is 1.82 bits per heavy atom. The van der Waals surface area contributed by atoms with E-state index in [0.717, 1.165) is 0 Å². The second kappa shape index (κ2) is 5.34. The molecule has 0 aromatic heterocycles. The fourth-order valence-electron chi connectivity index (χ4n) is 0.698. The number of hydrogen-bond donors (Lipinski definition) is 1. The first-order valence-electron chi connectivity index (χ1n) is 3.65. The number of allylic oxidation sites excluding steroid dienone is 2. The van der Waals surface area contributed by atoms with Gasteiger partial charge in [0.15, 0.2) is 0 Å². The van der Waals surface area contributed by atoms with E-state index in [1.807, 2.05) is 0 Å². The predicted octanol–water partition coefficient (Wildman–Crippen LogP) is 2.41. The van der Waals surface area contributed by atoms with Crippen molar-refractivity contribution < 1.29 is 9.46 Å². The largest absolute Gasteiger partial charge is 0.344 e. The van der Waals surface area contributed by atoms with E-state index in [1.54, 1.807) is 12.2 Å². The smallest absolute Gasteiger partial charge is 0.201 e. The second-order valence-corrected chi connectivity index (χ2v) is 5.04. The summed E-state index contributed by atoms with van der Waals surface area (Å²) < 4.78 is 11.2. The first-order valence-corrected chi connectivity index (χ1v) is 5.68. The molecule has 11 heavy (non-hydrogen) atoms. The summed E-state index contributed by atoms with van der Waals surface area (Å²) in [4.78, 5) is 9.24. The van der Waals surface area contributed by atoms with Crippen LogP contribution in [0.15, 0.2) is 25.3 Å². The average molecular weight is 174 g/mol. The minimum absolute atomic E-state index is 0.352. The Balaban J connectivity index is 3.69. The van der Waals surface area contributed by atoms with Crippen molar-refractivity contribution in [2.45, 2.75) is 12.8 Å².